The van der Waals surface area contributed by atoms with Gasteiger partial charge >= 0.3 is 0 Å². The first-order valence-electron chi connectivity index (χ1n) is 9.02. The summed E-state index contributed by atoms with van der Waals surface area (Å²) >= 11 is 0. The molecule has 1 aliphatic rings. The van der Waals surface area contributed by atoms with Crippen LogP contribution in [0.2, 0.25) is 0 Å². The van der Waals surface area contributed by atoms with E-state index in [2.05, 4.69) is 10.6 Å². The molecule has 0 spiro atoms. The number of benzene rings is 1. The molecule has 0 radical (unpaired) electrons. The van der Waals surface area contributed by atoms with Crippen LogP contribution < -0.4 is 15.4 Å². The molecule has 1 heterocycles. The predicted molar refractivity (Wildman–Crippen MR) is 101 cm³/mol. The minimum absolute atomic E-state index is 0.0202. The highest BCUT2D eigenvalue weighted by molar-refractivity contribution is 5.86. The van der Waals surface area contributed by atoms with Crippen LogP contribution >= 0.6 is 0 Å². The van der Waals surface area contributed by atoms with Gasteiger partial charge in [-0.15, -0.1) is 0 Å². The number of carbonyl (C=O) groups excluding carboxylic acids is 2. The summed E-state index contributed by atoms with van der Waals surface area (Å²) in [6.45, 7) is 2.07. The van der Waals surface area contributed by atoms with E-state index in [1.165, 1.54) is 0 Å². The Hall–Kier alpha value is -2.12. The number of carbonyl (C=O) groups is 2. The number of amides is 2. The summed E-state index contributed by atoms with van der Waals surface area (Å²) in [6, 6.07) is 6.62. The smallest absolute Gasteiger partial charge is 0.241 e. The third-order valence-corrected chi connectivity index (χ3v) is 4.72. The van der Waals surface area contributed by atoms with E-state index < -0.39 is 6.04 Å². The van der Waals surface area contributed by atoms with Gasteiger partial charge in [0.25, 0.3) is 0 Å². The molecule has 26 heavy (non-hydrogen) atoms. The lowest BCUT2D eigenvalue weighted by molar-refractivity contribution is -0.131. The predicted octanol–water partition coefficient (Wildman–Crippen LogP) is 0.625. The van der Waals surface area contributed by atoms with Gasteiger partial charge in [0, 0.05) is 32.2 Å². The zero-order chi connectivity index (χ0) is 19.1. The van der Waals surface area contributed by atoms with E-state index in [0.717, 1.165) is 24.9 Å². The maximum atomic E-state index is 12.7. The average Bonchev–Trinajstić information content (AvgIpc) is 3.11. The van der Waals surface area contributed by atoms with Gasteiger partial charge in [-0.1, -0.05) is 18.2 Å². The molecule has 144 valence electrons. The van der Waals surface area contributed by atoms with Crippen molar-refractivity contribution in [3.63, 3.8) is 0 Å². The standard InChI is InChI=1S/C19H30N4O3/c1-20-19(25)17(14-8-5-6-10-16(14)26-4)23-12-7-9-15(23)18(24)21-11-13-22(2)3/h5-6,8,10,15,17H,7,9,11-13H2,1-4H3,(H,20,25)(H,21,24)/t15-,17+/m0/s1. The van der Waals surface area contributed by atoms with Gasteiger partial charge in [-0.25, -0.2) is 0 Å². The van der Waals surface area contributed by atoms with Gasteiger partial charge < -0.3 is 20.3 Å². The van der Waals surface area contributed by atoms with E-state index in [9.17, 15) is 9.59 Å². The van der Waals surface area contributed by atoms with Crippen LogP contribution in [-0.4, -0.2) is 75.5 Å². The topological polar surface area (TPSA) is 73.9 Å². The molecule has 7 nitrogen and oxygen atoms in total. The Morgan fingerprint density at radius 1 is 1.35 bits per heavy atom. The second kappa shape index (κ2) is 9.54. The molecule has 2 atom stereocenters. The summed E-state index contributed by atoms with van der Waals surface area (Å²) in [4.78, 5) is 29.4. The Labute approximate surface area is 155 Å². The van der Waals surface area contributed by atoms with E-state index in [1.54, 1.807) is 14.2 Å². The monoisotopic (exact) mass is 362 g/mol. The van der Waals surface area contributed by atoms with Gasteiger partial charge in [0.1, 0.15) is 11.8 Å². The van der Waals surface area contributed by atoms with E-state index in [4.69, 9.17) is 4.74 Å². The van der Waals surface area contributed by atoms with Gasteiger partial charge in [0.2, 0.25) is 11.8 Å². The van der Waals surface area contributed by atoms with Crippen LogP contribution in [0.15, 0.2) is 24.3 Å². The zero-order valence-corrected chi connectivity index (χ0v) is 16.1. The van der Waals surface area contributed by atoms with Crippen molar-refractivity contribution in [2.24, 2.45) is 0 Å². The van der Waals surface area contributed by atoms with Crippen molar-refractivity contribution >= 4 is 11.8 Å². The number of ether oxygens (including phenoxy) is 1. The third-order valence-electron chi connectivity index (χ3n) is 4.72. The number of hydrogen-bond donors (Lipinski definition) is 2. The molecule has 2 rings (SSSR count). The van der Waals surface area contributed by atoms with E-state index in [0.29, 0.717) is 18.8 Å². The van der Waals surface area contributed by atoms with Crippen LogP contribution in [-0.2, 0) is 9.59 Å². The SMILES string of the molecule is CNC(=O)[C@@H](c1ccccc1OC)N1CCC[C@H]1C(=O)NCCN(C)C. The first-order chi connectivity index (χ1) is 12.5. The van der Waals surface area contributed by atoms with Crippen molar-refractivity contribution in [2.45, 2.75) is 24.9 Å². The van der Waals surface area contributed by atoms with Crippen molar-refractivity contribution in [3.05, 3.63) is 29.8 Å². The second-order valence-corrected chi connectivity index (χ2v) is 6.75. The summed E-state index contributed by atoms with van der Waals surface area (Å²) in [5.41, 5.74) is 0.780. The van der Waals surface area contributed by atoms with Crippen molar-refractivity contribution in [3.8, 4) is 5.75 Å². The molecular weight excluding hydrogens is 332 g/mol. The lowest BCUT2D eigenvalue weighted by atomic mass is 10.0. The number of hydrogen-bond acceptors (Lipinski definition) is 5. The van der Waals surface area contributed by atoms with Crippen LogP contribution in [0.4, 0.5) is 0 Å². The zero-order valence-electron chi connectivity index (χ0n) is 16.1. The molecule has 1 aromatic rings. The van der Waals surface area contributed by atoms with Crippen molar-refractivity contribution in [2.75, 3.05) is 47.9 Å². The van der Waals surface area contributed by atoms with Gasteiger partial charge in [0.15, 0.2) is 0 Å². The maximum Gasteiger partial charge on any atom is 0.241 e. The van der Waals surface area contributed by atoms with E-state index in [-0.39, 0.29) is 17.9 Å². The van der Waals surface area contributed by atoms with Crippen LogP contribution in [0.3, 0.4) is 0 Å². The van der Waals surface area contributed by atoms with Crippen LogP contribution in [0, 0.1) is 0 Å². The first-order valence-corrected chi connectivity index (χ1v) is 9.02. The van der Waals surface area contributed by atoms with E-state index in [1.807, 2.05) is 48.2 Å². The molecule has 1 fully saturated rings. The normalized spacial score (nSPS) is 18.6. The Morgan fingerprint density at radius 2 is 2.08 bits per heavy atom. The molecule has 0 bridgehead atoms. The molecule has 0 aromatic heterocycles. The van der Waals surface area contributed by atoms with Crippen molar-refractivity contribution < 1.29 is 14.3 Å². The van der Waals surface area contributed by atoms with Gasteiger partial charge in [-0.2, -0.15) is 0 Å². The van der Waals surface area contributed by atoms with Crippen LogP contribution in [0.25, 0.3) is 0 Å². The number of likely N-dealkylation sites (N-methyl/N-ethyl adjacent to an activating group) is 2. The van der Waals surface area contributed by atoms with Crippen molar-refractivity contribution in [1.29, 1.82) is 0 Å². The lowest BCUT2D eigenvalue weighted by Crippen LogP contribution is -2.49. The molecule has 7 heteroatoms. The molecule has 1 saturated heterocycles. The fourth-order valence-electron chi connectivity index (χ4n) is 3.40. The molecule has 2 amide bonds. The number of nitrogens with zero attached hydrogens (tertiary/aromatic N) is 2. The van der Waals surface area contributed by atoms with Gasteiger partial charge in [0.05, 0.1) is 13.2 Å². The molecule has 1 aliphatic heterocycles. The number of nitrogens with one attached hydrogen (secondary N) is 2. The largest absolute Gasteiger partial charge is 0.496 e. The summed E-state index contributed by atoms with van der Waals surface area (Å²) in [7, 11) is 7.15. The Kier molecular flexibility index (Phi) is 7.41. The van der Waals surface area contributed by atoms with Crippen molar-refractivity contribution in [1.82, 2.24) is 20.4 Å². The number of para-hydroxylation sites is 1. The van der Waals surface area contributed by atoms with E-state index >= 15 is 0 Å². The Morgan fingerprint density at radius 3 is 2.73 bits per heavy atom. The molecule has 1 aromatic carbocycles. The number of rotatable bonds is 8. The highest BCUT2D eigenvalue weighted by Gasteiger charge is 2.40. The molecule has 0 aliphatic carbocycles. The minimum Gasteiger partial charge on any atom is -0.496 e. The quantitative estimate of drug-likeness (QED) is 0.709. The maximum absolute atomic E-state index is 12.7. The fourth-order valence-corrected chi connectivity index (χ4v) is 3.40. The highest BCUT2D eigenvalue weighted by atomic mass is 16.5. The lowest BCUT2D eigenvalue weighted by Gasteiger charge is -2.32. The third kappa shape index (κ3) is 4.74. The minimum atomic E-state index is -0.553. The Bertz CT molecular complexity index is 621. The van der Waals surface area contributed by atoms with Gasteiger partial charge in [-0.05, 0) is 33.0 Å². The molecule has 0 saturated carbocycles. The Balaban J connectivity index is 2.23. The summed E-state index contributed by atoms with van der Waals surface area (Å²) < 4.78 is 5.45. The number of methoxy groups -OCH3 is 1. The van der Waals surface area contributed by atoms with Crippen LogP contribution in [0.1, 0.15) is 24.4 Å². The molecular formula is C19H30N4O3. The number of likely N-dealkylation sites (tertiary alicyclic amines) is 1. The summed E-state index contributed by atoms with van der Waals surface area (Å²) in [5, 5.41) is 5.73. The highest BCUT2D eigenvalue weighted by Crippen LogP contribution is 2.34. The summed E-state index contributed by atoms with van der Waals surface area (Å²) in [6.07, 6.45) is 1.63. The van der Waals surface area contributed by atoms with Crippen LogP contribution in [0.5, 0.6) is 5.75 Å². The average molecular weight is 362 g/mol. The molecule has 2 N–H and O–H groups in total. The summed E-state index contributed by atoms with van der Waals surface area (Å²) in [5.74, 6) is 0.496. The fraction of sp³-hybridized carbons (Fsp3) is 0.579. The molecule has 0 unspecified atom stereocenters. The first kappa shape index (κ1) is 20.2. The van der Waals surface area contributed by atoms with Gasteiger partial charge in [-0.3, -0.25) is 14.5 Å². The second-order valence-electron chi connectivity index (χ2n) is 6.75.